The first-order chi connectivity index (χ1) is 17.0. The molecule has 2 aromatic rings. The highest BCUT2D eigenvalue weighted by Crippen LogP contribution is 2.34. The van der Waals surface area contributed by atoms with Crippen LogP contribution in [0.1, 0.15) is 26.0 Å². The Morgan fingerprint density at radius 2 is 1.81 bits per heavy atom. The number of aliphatic hydroxyl groups excluding tert-OH is 2. The maximum atomic E-state index is 11.2. The Hall–Kier alpha value is -2.21. The third kappa shape index (κ3) is 6.56. The predicted molar refractivity (Wildman–Crippen MR) is 135 cm³/mol. The Morgan fingerprint density at radius 1 is 1.14 bits per heavy atom. The maximum Gasteiger partial charge on any atom is 0.320 e. The Bertz CT molecular complexity index is 1060. The predicted octanol–water partition coefficient (Wildman–Crippen LogP) is -1.67. The fraction of sp³-hybridized carbons (Fsp3) is 0.650. The van der Waals surface area contributed by atoms with Gasteiger partial charge in [-0.05, 0) is 13.3 Å². The second-order valence-corrected chi connectivity index (χ2v) is 12.7. The van der Waals surface area contributed by atoms with Gasteiger partial charge >= 0.3 is 11.9 Å². The molecule has 0 aromatic carbocycles. The van der Waals surface area contributed by atoms with Crippen LogP contribution >= 0.6 is 11.8 Å². The van der Waals surface area contributed by atoms with Crippen LogP contribution in [0.4, 0.5) is 5.82 Å². The van der Waals surface area contributed by atoms with Crippen molar-refractivity contribution in [2.75, 3.05) is 23.0 Å². The van der Waals surface area contributed by atoms with Crippen molar-refractivity contribution in [3.8, 4) is 0 Å². The smallest absolute Gasteiger partial charge is 0.320 e. The van der Waals surface area contributed by atoms with Crippen molar-refractivity contribution in [2.24, 2.45) is 11.5 Å². The van der Waals surface area contributed by atoms with E-state index in [1.54, 1.807) is 0 Å². The number of ether oxygens (including phenoxy) is 1. The number of aliphatic hydroxyl groups is 2. The second-order valence-electron chi connectivity index (χ2n) is 8.44. The molecule has 1 saturated heterocycles. The summed E-state index contributed by atoms with van der Waals surface area (Å²) in [4.78, 5) is 34.4. The molecular weight excluding hydrogens is 514 g/mol. The zero-order valence-electron chi connectivity index (χ0n) is 19.6. The standard InChI is InChI=1S/C20H31N7O7S2/c1-9(35-4-2-10(21)19(30)31)36(5-3-11(22)20(32)33)6-12-14(28)15(29)18(34-12)27-8-26-13-16(23)24-7-25-17(13)27/h7-12,14-15,18,28-29H,2-6,21-22H2,1H3,(H3-,23,24,25,30,31,32,33)/p+1/t9?,10-,11-,12+,14+,15+,18+,36?/m0/s1. The topological polar surface area (TPSA) is 246 Å². The summed E-state index contributed by atoms with van der Waals surface area (Å²) in [5.41, 5.74) is 17.8. The summed E-state index contributed by atoms with van der Waals surface area (Å²) in [5, 5.41) is 39.7. The van der Waals surface area contributed by atoms with Gasteiger partial charge in [0.25, 0.3) is 0 Å². The Labute approximate surface area is 214 Å². The lowest BCUT2D eigenvalue weighted by Gasteiger charge is -2.21. The van der Waals surface area contributed by atoms with Gasteiger partial charge in [-0.15, -0.1) is 11.8 Å². The van der Waals surface area contributed by atoms with Gasteiger partial charge in [-0.3, -0.25) is 14.2 Å². The maximum absolute atomic E-state index is 11.2. The van der Waals surface area contributed by atoms with E-state index in [-0.39, 0.29) is 23.2 Å². The van der Waals surface area contributed by atoms with E-state index >= 15 is 0 Å². The fourth-order valence-corrected chi connectivity index (χ4v) is 8.06. The summed E-state index contributed by atoms with van der Waals surface area (Å²) in [5.74, 6) is -0.719. The number of carboxylic acid groups (broad SMARTS) is 2. The third-order valence-corrected chi connectivity index (χ3v) is 10.6. The van der Waals surface area contributed by atoms with Crippen LogP contribution in [0.3, 0.4) is 0 Å². The quantitative estimate of drug-likeness (QED) is 0.139. The molecule has 36 heavy (non-hydrogen) atoms. The highest BCUT2D eigenvalue weighted by Gasteiger charge is 2.48. The highest BCUT2D eigenvalue weighted by atomic mass is 32.2. The molecule has 1 aliphatic heterocycles. The molecule has 3 rings (SSSR count). The molecule has 10 N–H and O–H groups in total. The molecule has 0 radical (unpaired) electrons. The van der Waals surface area contributed by atoms with Crippen LogP contribution in [0.25, 0.3) is 11.2 Å². The van der Waals surface area contributed by atoms with E-state index < -0.39 is 59.5 Å². The van der Waals surface area contributed by atoms with Gasteiger partial charge in [0.1, 0.15) is 53.7 Å². The molecular formula is C20H32N7O7S2+. The zero-order valence-corrected chi connectivity index (χ0v) is 21.2. The molecule has 0 aliphatic carbocycles. The molecule has 0 saturated carbocycles. The van der Waals surface area contributed by atoms with Crippen LogP contribution in [0, 0.1) is 0 Å². The number of rotatable bonds is 13. The fourth-order valence-electron chi connectivity index (χ4n) is 3.73. The highest BCUT2D eigenvalue weighted by molar-refractivity contribution is 8.15. The van der Waals surface area contributed by atoms with Crippen molar-refractivity contribution >= 4 is 51.6 Å². The van der Waals surface area contributed by atoms with E-state index in [1.165, 1.54) is 29.0 Å². The van der Waals surface area contributed by atoms with E-state index in [0.29, 0.717) is 28.4 Å². The molecule has 1 aliphatic rings. The third-order valence-electron chi connectivity index (χ3n) is 5.95. The lowest BCUT2D eigenvalue weighted by Crippen LogP contribution is -2.40. The molecule has 3 heterocycles. The Morgan fingerprint density at radius 3 is 2.47 bits per heavy atom. The van der Waals surface area contributed by atoms with E-state index in [1.807, 2.05) is 6.92 Å². The summed E-state index contributed by atoms with van der Waals surface area (Å²) in [6.45, 7) is 1.95. The molecule has 16 heteroatoms. The van der Waals surface area contributed by atoms with E-state index in [9.17, 15) is 24.9 Å². The summed E-state index contributed by atoms with van der Waals surface area (Å²) >= 11 is 1.51. The Kier molecular flexibility index (Phi) is 9.73. The number of fused-ring (bicyclic) bond motifs is 1. The van der Waals surface area contributed by atoms with Crippen molar-refractivity contribution in [3.63, 3.8) is 0 Å². The van der Waals surface area contributed by atoms with Crippen molar-refractivity contribution in [1.29, 1.82) is 0 Å². The van der Waals surface area contributed by atoms with Crippen molar-refractivity contribution in [3.05, 3.63) is 12.7 Å². The number of aromatic nitrogens is 4. The molecule has 14 nitrogen and oxygen atoms in total. The zero-order chi connectivity index (χ0) is 26.6. The molecule has 0 amide bonds. The molecule has 200 valence electrons. The largest absolute Gasteiger partial charge is 0.480 e. The van der Waals surface area contributed by atoms with Gasteiger partial charge in [0, 0.05) is 23.1 Å². The van der Waals surface area contributed by atoms with Gasteiger partial charge < -0.3 is 42.4 Å². The number of carbonyl (C=O) groups is 2. The minimum absolute atomic E-state index is 0.0272. The van der Waals surface area contributed by atoms with Crippen LogP contribution < -0.4 is 17.2 Å². The normalized spacial score (nSPS) is 25.5. The molecule has 0 bridgehead atoms. The second kappa shape index (κ2) is 12.4. The van der Waals surface area contributed by atoms with Gasteiger partial charge in [0.2, 0.25) is 0 Å². The number of carboxylic acids is 2. The van der Waals surface area contributed by atoms with Crippen molar-refractivity contribution < 1.29 is 34.8 Å². The first-order valence-electron chi connectivity index (χ1n) is 11.2. The van der Waals surface area contributed by atoms with Gasteiger partial charge in [0.05, 0.1) is 6.33 Å². The molecule has 2 unspecified atom stereocenters. The van der Waals surface area contributed by atoms with Crippen LogP contribution in [0.5, 0.6) is 0 Å². The molecule has 8 atom stereocenters. The number of anilines is 1. The lowest BCUT2D eigenvalue weighted by molar-refractivity contribution is -0.139. The average molecular weight is 547 g/mol. The van der Waals surface area contributed by atoms with Crippen molar-refractivity contribution in [2.45, 2.75) is 61.0 Å². The minimum Gasteiger partial charge on any atom is -0.480 e. The van der Waals surface area contributed by atoms with Gasteiger partial charge in [-0.2, -0.15) is 0 Å². The number of aliphatic carboxylic acids is 2. The van der Waals surface area contributed by atoms with Crippen LogP contribution in [-0.4, -0.2) is 104 Å². The number of nitrogens with zero attached hydrogens (tertiary/aromatic N) is 4. The number of hydrogen-bond acceptors (Lipinski definition) is 12. The Balaban J connectivity index is 1.72. The number of nitrogen functional groups attached to an aromatic ring is 1. The van der Waals surface area contributed by atoms with Crippen LogP contribution in [0.15, 0.2) is 12.7 Å². The number of nitrogens with two attached hydrogens (primary N) is 3. The van der Waals surface area contributed by atoms with E-state index in [4.69, 9.17) is 27.0 Å². The lowest BCUT2D eigenvalue weighted by atomic mass is 10.1. The minimum atomic E-state index is -1.27. The number of hydrogen-bond donors (Lipinski definition) is 7. The van der Waals surface area contributed by atoms with Gasteiger partial charge in [0.15, 0.2) is 22.3 Å². The summed E-state index contributed by atoms with van der Waals surface area (Å²) in [7, 11) is -0.485. The monoisotopic (exact) mass is 546 g/mol. The van der Waals surface area contributed by atoms with E-state index in [0.717, 1.165) is 0 Å². The van der Waals surface area contributed by atoms with E-state index in [2.05, 4.69) is 15.0 Å². The SMILES string of the molecule is CC(SCC[C@H](N)C(=O)O)[S+](CC[C@H](N)C(=O)O)C[C@H]1O[C@@H](n2cnc3c(N)ncnc32)[C@H](O)[C@@H]1O. The first-order valence-corrected chi connectivity index (χ1v) is 13.9. The molecule has 1 fully saturated rings. The van der Waals surface area contributed by atoms with Crippen molar-refractivity contribution in [1.82, 2.24) is 19.5 Å². The van der Waals surface area contributed by atoms with Crippen LogP contribution in [-0.2, 0) is 25.2 Å². The summed E-state index contributed by atoms with van der Waals surface area (Å²) in [6.07, 6.45) is -1.03. The number of thioether (sulfide) groups is 1. The number of imidazole rings is 1. The van der Waals surface area contributed by atoms with Gasteiger partial charge in [-0.1, -0.05) is 0 Å². The average Bonchev–Trinajstić information content (AvgIpc) is 3.38. The summed E-state index contributed by atoms with van der Waals surface area (Å²) in [6, 6.07) is -2.00. The van der Waals surface area contributed by atoms with Crippen LogP contribution in [0.2, 0.25) is 0 Å². The van der Waals surface area contributed by atoms with Gasteiger partial charge in [-0.25, -0.2) is 15.0 Å². The molecule has 0 spiro atoms. The first kappa shape index (κ1) is 28.4. The summed E-state index contributed by atoms with van der Waals surface area (Å²) < 4.78 is 7.53. The molecule has 2 aromatic heterocycles.